The second kappa shape index (κ2) is 9.06. The summed E-state index contributed by atoms with van der Waals surface area (Å²) in [5.74, 6) is 6.78. The highest BCUT2D eigenvalue weighted by atomic mass is 32.1. The number of phenolic OH excluding ortho intramolecular Hbond substituents is 1. The molecule has 4 rings (SSSR count). The predicted octanol–water partition coefficient (Wildman–Crippen LogP) is 4.57. The van der Waals surface area contributed by atoms with Gasteiger partial charge in [-0.25, -0.2) is 4.98 Å². The van der Waals surface area contributed by atoms with E-state index in [0.717, 1.165) is 28.9 Å². The average molecular weight is 421 g/mol. The summed E-state index contributed by atoms with van der Waals surface area (Å²) >= 11 is 1.32. The number of aromatic hydroxyl groups is 1. The molecule has 1 amide bonds. The molecule has 0 radical (unpaired) electrons. The number of nitrogens with two attached hydrogens (primary N) is 1. The van der Waals surface area contributed by atoms with E-state index in [2.05, 4.69) is 27.5 Å². The molecule has 3 aromatic rings. The van der Waals surface area contributed by atoms with Crippen molar-refractivity contribution in [2.24, 2.45) is 5.92 Å². The van der Waals surface area contributed by atoms with E-state index in [0.29, 0.717) is 35.1 Å². The van der Waals surface area contributed by atoms with E-state index < -0.39 is 0 Å². The third-order valence-electron chi connectivity index (χ3n) is 5.20. The van der Waals surface area contributed by atoms with Crippen LogP contribution in [-0.2, 0) is 4.79 Å². The molecule has 1 saturated carbocycles. The van der Waals surface area contributed by atoms with Crippen molar-refractivity contribution in [1.82, 2.24) is 4.98 Å². The highest BCUT2D eigenvalue weighted by molar-refractivity contribution is 7.22. The lowest BCUT2D eigenvalue weighted by atomic mass is 10.0. The Labute approximate surface area is 179 Å². The molecular formula is C23H24N4O2S. The molecule has 1 heterocycles. The Morgan fingerprint density at radius 3 is 2.87 bits per heavy atom. The summed E-state index contributed by atoms with van der Waals surface area (Å²) in [6.07, 6.45) is 5.41. The van der Waals surface area contributed by atoms with Gasteiger partial charge in [0.05, 0.1) is 11.2 Å². The van der Waals surface area contributed by atoms with Crippen molar-refractivity contribution in [3.63, 3.8) is 0 Å². The zero-order valence-corrected chi connectivity index (χ0v) is 17.4. The first-order valence-corrected chi connectivity index (χ1v) is 10.9. The summed E-state index contributed by atoms with van der Waals surface area (Å²) in [4.78, 5) is 16.3. The molecule has 1 aliphatic carbocycles. The van der Waals surface area contributed by atoms with Crippen molar-refractivity contribution < 1.29 is 9.90 Å². The summed E-state index contributed by atoms with van der Waals surface area (Å²) in [6, 6.07) is 11.1. The maximum Gasteiger partial charge on any atom is 0.224 e. The molecule has 0 bridgehead atoms. The van der Waals surface area contributed by atoms with Gasteiger partial charge in [-0.15, -0.1) is 0 Å². The van der Waals surface area contributed by atoms with Gasteiger partial charge in [0.1, 0.15) is 11.3 Å². The number of anilines is 3. The number of nitrogen functional groups attached to an aromatic ring is 1. The molecule has 0 spiro atoms. The Hall–Kier alpha value is -3.24. The van der Waals surface area contributed by atoms with Gasteiger partial charge in [-0.2, -0.15) is 0 Å². The third kappa shape index (κ3) is 5.02. The molecule has 0 aliphatic heterocycles. The van der Waals surface area contributed by atoms with Crippen LogP contribution in [0.15, 0.2) is 36.4 Å². The van der Waals surface area contributed by atoms with Crippen LogP contribution in [0.5, 0.6) is 5.75 Å². The molecule has 0 saturated heterocycles. The van der Waals surface area contributed by atoms with E-state index in [-0.39, 0.29) is 11.7 Å². The third-order valence-corrected chi connectivity index (χ3v) is 6.03. The van der Waals surface area contributed by atoms with Gasteiger partial charge >= 0.3 is 0 Å². The van der Waals surface area contributed by atoms with Crippen LogP contribution in [-0.4, -0.2) is 22.5 Å². The Morgan fingerprint density at radius 1 is 1.23 bits per heavy atom. The molecular weight excluding hydrogens is 396 g/mol. The lowest BCUT2D eigenvalue weighted by Gasteiger charge is -2.11. The van der Waals surface area contributed by atoms with Crippen molar-refractivity contribution in [3.05, 3.63) is 42.0 Å². The molecule has 5 N–H and O–H groups in total. The van der Waals surface area contributed by atoms with E-state index in [1.807, 2.05) is 30.3 Å². The van der Waals surface area contributed by atoms with Gasteiger partial charge < -0.3 is 21.5 Å². The van der Waals surface area contributed by atoms with Crippen LogP contribution in [0.3, 0.4) is 0 Å². The van der Waals surface area contributed by atoms with Crippen LogP contribution in [0.2, 0.25) is 0 Å². The molecule has 1 aliphatic rings. The maximum atomic E-state index is 12.2. The van der Waals surface area contributed by atoms with Crippen LogP contribution >= 0.6 is 11.3 Å². The number of amides is 1. The Kier molecular flexibility index (Phi) is 6.05. The van der Waals surface area contributed by atoms with Crippen LogP contribution in [0, 0.1) is 17.8 Å². The molecule has 7 heteroatoms. The number of nitrogens with zero attached hydrogens (tertiary/aromatic N) is 1. The number of carbonyl (C=O) groups excluding carboxylic acids is 1. The maximum absolute atomic E-state index is 12.2. The van der Waals surface area contributed by atoms with Crippen LogP contribution in [0.4, 0.5) is 16.5 Å². The summed E-state index contributed by atoms with van der Waals surface area (Å²) in [5, 5.41) is 16.7. The highest BCUT2D eigenvalue weighted by Gasteiger charge is 2.18. The largest absolute Gasteiger partial charge is 0.506 e. The zero-order chi connectivity index (χ0) is 20.9. The second-order valence-corrected chi connectivity index (χ2v) is 8.60. The van der Waals surface area contributed by atoms with Gasteiger partial charge in [-0.05, 0) is 49.1 Å². The first kappa shape index (κ1) is 20.0. The minimum atomic E-state index is 0.0812. The molecule has 0 unspecified atom stereocenters. The van der Waals surface area contributed by atoms with Gasteiger partial charge in [0.2, 0.25) is 5.91 Å². The number of hydrogen-bond donors (Lipinski definition) is 4. The Balaban J connectivity index is 1.33. The normalized spacial score (nSPS) is 13.7. The standard InChI is InChI=1S/C23H24N4O2S/c24-23-27-22-19(28)11-16(12-20(22)30-23)7-4-10-25-17-8-3-9-18(14-17)26-21(29)13-15-5-1-2-6-15/h3,8-9,11-12,14-15,25,28H,1-2,5-6,10,13H2,(H2,24,27)(H,26,29). The van der Waals surface area contributed by atoms with E-state index in [1.165, 1.54) is 24.2 Å². The number of nitrogens with one attached hydrogen (secondary N) is 2. The van der Waals surface area contributed by atoms with Gasteiger partial charge in [0.15, 0.2) is 5.13 Å². The molecule has 0 atom stereocenters. The molecule has 6 nitrogen and oxygen atoms in total. The SMILES string of the molecule is Nc1nc2c(O)cc(C#CCNc3cccc(NC(=O)CC4CCCC4)c3)cc2s1. The number of carbonyl (C=O) groups is 1. The number of benzene rings is 2. The van der Waals surface area contributed by atoms with E-state index >= 15 is 0 Å². The Morgan fingerprint density at radius 2 is 2.03 bits per heavy atom. The highest BCUT2D eigenvalue weighted by Crippen LogP contribution is 2.31. The first-order chi connectivity index (χ1) is 14.6. The zero-order valence-electron chi connectivity index (χ0n) is 16.6. The van der Waals surface area contributed by atoms with Gasteiger partial charge in [0, 0.05) is 23.4 Å². The van der Waals surface area contributed by atoms with Crippen molar-refractivity contribution in [3.8, 4) is 17.6 Å². The fourth-order valence-electron chi connectivity index (χ4n) is 3.79. The lowest BCUT2D eigenvalue weighted by molar-refractivity contribution is -0.117. The topological polar surface area (TPSA) is 100 Å². The average Bonchev–Trinajstić information content (AvgIpc) is 3.34. The van der Waals surface area contributed by atoms with Crippen molar-refractivity contribution in [2.45, 2.75) is 32.1 Å². The molecule has 154 valence electrons. The minimum Gasteiger partial charge on any atom is -0.506 e. The number of phenols is 1. The van der Waals surface area contributed by atoms with Crippen molar-refractivity contribution in [2.75, 3.05) is 22.9 Å². The van der Waals surface area contributed by atoms with E-state index in [1.54, 1.807) is 6.07 Å². The quantitative estimate of drug-likeness (QED) is 0.453. The van der Waals surface area contributed by atoms with Gasteiger partial charge in [0.25, 0.3) is 0 Å². The first-order valence-electron chi connectivity index (χ1n) is 10.1. The molecule has 30 heavy (non-hydrogen) atoms. The number of rotatable bonds is 5. The van der Waals surface area contributed by atoms with Gasteiger partial charge in [-0.1, -0.05) is 42.1 Å². The summed E-state index contributed by atoms with van der Waals surface area (Å²) < 4.78 is 0.811. The van der Waals surface area contributed by atoms with Crippen LogP contribution < -0.4 is 16.4 Å². The van der Waals surface area contributed by atoms with Gasteiger partial charge in [-0.3, -0.25) is 4.79 Å². The van der Waals surface area contributed by atoms with E-state index in [9.17, 15) is 9.90 Å². The number of hydrogen-bond acceptors (Lipinski definition) is 6. The number of aromatic nitrogens is 1. The van der Waals surface area contributed by atoms with Crippen molar-refractivity contribution in [1.29, 1.82) is 0 Å². The van der Waals surface area contributed by atoms with Crippen molar-refractivity contribution >= 4 is 44.0 Å². The molecule has 2 aromatic carbocycles. The predicted molar refractivity (Wildman–Crippen MR) is 123 cm³/mol. The monoisotopic (exact) mass is 420 g/mol. The lowest BCUT2D eigenvalue weighted by Crippen LogP contribution is -2.15. The number of fused-ring (bicyclic) bond motifs is 1. The minimum absolute atomic E-state index is 0.0812. The number of thiazole rings is 1. The Bertz CT molecular complexity index is 1120. The second-order valence-electron chi connectivity index (χ2n) is 7.53. The summed E-state index contributed by atoms with van der Waals surface area (Å²) in [6.45, 7) is 0.434. The van der Waals surface area contributed by atoms with Crippen LogP contribution in [0.25, 0.3) is 10.2 Å². The fourth-order valence-corrected chi connectivity index (χ4v) is 4.58. The summed E-state index contributed by atoms with van der Waals surface area (Å²) in [5.41, 5.74) is 8.59. The molecule has 1 aromatic heterocycles. The van der Waals surface area contributed by atoms with E-state index in [4.69, 9.17) is 5.73 Å². The molecule has 1 fully saturated rings. The summed E-state index contributed by atoms with van der Waals surface area (Å²) in [7, 11) is 0. The van der Waals surface area contributed by atoms with Crippen LogP contribution in [0.1, 0.15) is 37.7 Å². The smallest absolute Gasteiger partial charge is 0.224 e. The fraction of sp³-hybridized carbons (Fsp3) is 0.304.